The summed E-state index contributed by atoms with van der Waals surface area (Å²) >= 11 is 0. The molecule has 6 heteroatoms. The normalized spacial score (nSPS) is 16.2. The van der Waals surface area contributed by atoms with E-state index in [0.29, 0.717) is 5.56 Å². The van der Waals surface area contributed by atoms with Crippen LogP contribution in [0.3, 0.4) is 0 Å². The molecule has 0 aromatic heterocycles. The first-order chi connectivity index (χ1) is 17.5. The summed E-state index contributed by atoms with van der Waals surface area (Å²) in [6.07, 6.45) is -1.23. The zero-order valence-corrected chi connectivity index (χ0v) is 28.7. The van der Waals surface area contributed by atoms with Gasteiger partial charge in [0.05, 0.1) is 24.7 Å². The second kappa shape index (κ2) is 11.4. The molecule has 0 aliphatic heterocycles. The van der Waals surface area contributed by atoms with E-state index >= 15 is 0 Å². The number of aliphatic hydroxyl groups excluding tert-OH is 3. The van der Waals surface area contributed by atoms with Gasteiger partial charge in [0.2, 0.25) is 0 Å². The van der Waals surface area contributed by atoms with Gasteiger partial charge in [0, 0.05) is 9.47 Å². The average molecular weight is 577 g/mol. The molecular weight excluding hydrogens is 522 g/mol. The topological polar surface area (TPSA) is 69.9 Å². The highest BCUT2D eigenvalue weighted by Crippen LogP contribution is 2.58. The molecule has 0 heterocycles. The SMILES string of the molecule is CC(C)(C)c1ccc(C(O)C(CO)(CO)C(P)(OP)c2ccc(C(C)(C)C)cc2C(C)(C)C)c(C(C)(C)C)c1. The molecule has 0 saturated carbocycles. The van der Waals surface area contributed by atoms with Crippen LogP contribution in [-0.4, -0.2) is 28.5 Å². The molecule has 39 heavy (non-hydrogen) atoms. The summed E-state index contributed by atoms with van der Waals surface area (Å²) in [5, 5.41) is 33.1. The van der Waals surface area contributed by atoms with Gasteiger partial charge in [-0.25, -0.2) is 0 Å². The van der Waals surface area contributed by atoms with Gasteiger partial charge in [-0.05, 0) is 55.0 Å². The van der Waals surface area contributed by atoms with Crippen molar-refractivity contribution in [2.75, 3.05) is 13.2 Å². The fourth-order valence-corrected chi connectivity index (χ4v) is 6.23. The molecule has 0 saturated heterocycles. The fourth-order valence-electron chi connectivity index (χ4n) is 5.27. The number of hydrogen-bond acceptors (Lipinski definition) is 4. The van der Waals surface area contributed by atoms with Crippen LogP contribution in [0.1, 0.15) is 123 Å². The summed E-state index contributed by atoms with van der Waals surface area (Å²) in [7, 11) is 5.08. The zero-order chi connectivity index (χ0) is 30.4. The number of aliphatic hydroxyl groups is 3. The Kier molecular flexibility index (Phi) is 10.1. The lowest BCUT2D eigenvalue weighted by atomic mass is 9.67. The molecular formula is C33H54O4P2. The Labute approximate surface area is 242 Å². The van der Waals surface area contributed by atoms with Crippen LogP contribution in [0.5, 0.6) is 0 Å². The number of benzene rings is 2. The minimum atomic E-state index is -1.49. The average Bonchev–Trinajstić information content (AvgIpc) is 2.81. The Morgan fingerprint density at radius 2 is 1.05 bits per heavy atom. The summed E-state index contributed by atoms with van der Waals surface area (Å²) in [6.45, 7) is 24.8. The first-order valence-corrected chi connectivity index (χ1v) is 14.9. The maximum absolute atomic E-state index is 12.3. The van der Waals surface area contributed by atoms with E-state index in [2.05, 4.69) is 120 Å². The van der Waals surface area contributed by atoms with Gasteiger partial charge in [-0.1, -0.05) is 129 Å². The third kappa shape index (κ3) is 6.63. The molecule has 2 aromatic rings. The zero-order valence-electron chi connectivity index (χ0n) is 26.4. The third-order valence-corrected chi connectivity index (χ3v) is 9.79. The van der Waals surface area contributed by atoms with Crippen LogP contribution in [-0.2, 0) is 31.5 Å². The van der Waals surface area contributed by atoms with Crippen molar-refractivity contribution in [3.05, 3.63) is 69.8 Å². The molecule has 0 spiro atoms. The van der Waals surface area contributed by atoms with Crippen molar-refractivity contribution in [1.29, 1.82) is 0 Å². The van der Waals surface area contributed by atoms with Gasteiger partial charge in [-0.3, -0.25) is 0 Å². The molecule has 0 fully saturated rings. The first-order valence-electron chi connectivity index (χ1n) is 13.9. The standard InChI is InChI=1S/C33H54O4P2/c1-28(2,3)21-13-15-23(25(17-21)30(7,8)9)27(36)32(19-34,20-35)33(38,37-39)24-16-14-22(29(4,5)6)18-26(24)31(10,11)12/h13-18,27,34-36H,19-20,38-39H2,1-12H3. The molecule has 220 valence electrons. The highest BCUT2D eigenvalue weighted by molar-refractivity contribution is 7.20. The largest absolute Gasteiger partial charge is 0.395 e. The van der Waals surface area contributed by atoms with Crippen molar-refractivity contribution in [3.63, 3.8) is 0 Å². The van der Waals surface area contributed by atoms with Crippen LogP contribution < -0.4 is 0 Å². The number of hydrogen-bond donors (Lipinski definition) is 3. The maximum atomic E-state index is 12.3. The Morgan fingerprint density at radius 1 is 0.641 bits per heavy atom. The van der Waals surface area contributed by atoms with Crippen molar-refractivity contribution >= 4 is 18.7 Å². The molecule has 0 aliphatic rings. The van der Waals surface area contributed by atoms with Crippen LogP contribution in [0.4, 0.5) is 0 Å². The van der Waals surface area contributed by atoms with Crippen molar-refractivity contribution in [2.24, 2.45) is 5.41 Å². The lowest BCUT2D eigenvalue weighted by molar-refractivity contribution is -0.134. The molecule has 4 atom stereocenters. The quantitative estimate of drug-likeness (QED) is 0.300. The molecule has 2 rings (SSSR count). The summed E-state index contributed by atoms with van der Waals surface area (Å²) in [6, 6.07) is 12.5. The minimum Gasteiger partial charge on any atom is -0.395 e. The van der Waals surface area contributed by atoms with Crippen LogP contribution in [0, 0.1) is 5.41 Å². The van der Waals surface area contributed by atoms with Gasteiger partial charge in [0.15, 0.2) is 0 Å². The monoisotopic (exact) mass is 576 g/mol. The van der Waals surface area contributed by atoms with Gasteiger partial charge in [0.1, 0.15) is 5.34 Å². The molecule has 0 aliphatic carbocycles. The molecule has 0 bridgehead atoms. The maximum Gasteiger partial charge on any atom is 0.123 e. The smallest absolute Gasteiger partial charge is 0.123 e. The highest BCUT2D eigenvalue weighted by atomic mass is 31.0. The Hall–Kier alpha value is -0.860. The van der Waals surface area contributed by atoms with E-state index in [1.165, 1.54) is 5.56 Å². The predicted octanol–water partition coefficient (Wildman–Crippen LogP) is 7.42. The van der Waals surface area contributed by atoms with E-state index in [1.807, 2.05) is 18.2 Å². The lowest BCUT2D eigenvalue weighted by Crippen LogP contribution is -2.52. The van der Waals surface area contributed by atoms with Crippen molar-refractivity contribution < 1.29 is 19.8 Å². The van der Waals surface area contributed by atoms with Gasteiger partial charge >= 0.3 is 0 Å². The summed E-state index contributed by atoms with van der Waals surface area (Å²) in [5.74, 6) is 0. The van der Waals surface area contributed by atoms with E-state index in [0.717, 1.165) is 22.3 Å². The van der Waals surface area contributed by atoms with E-state index < -0.39 is 30.1 Å². The molecule has 4 nitrogen and oxygen atoms in total. The van der Waals surface area contributed by atoms with E-state index in [-0.39, 0.29) is 21.7 Å². The van der Waals surface area contributed by atoms with Crippen molar-refractivity contribution in [3.8, 4) is 0 Å². The van der Waals surface area contributed by atoms with Crippen LogP contribution >= 0.6 is 18.7 Å². The van der Waals surface area contributed by atoms with Crippen LogP contribution in [0.2, 0.25) is 0 Å². The van der Waals surface area contributed by atoms with Gasteiger partial charge in [-0.15, -0.1) is 0 Å². The molecule has 0 amide bonds. The van der Waals surface area contributed by atoms with E-state index in [4.69, 9.17) is 4.52 Å². The fraction of sp³-hybridized carbons (Fsp3) is 0.636. The van der Waals surface area contributed by atoms with E-state index in [1.54, 1.807) is 0 Å². The Bertz CT molecular complexity index is 1140. The number of rotatable bonds is 7. The summed E-state index contributed by atoms with van der Waals surface area (Å²) < 4.78 is 6.18. The molecule has 3 N–H and O–H groups in total. The lowest BCUT2D eigenvalue weighted by Gasteiger charge is -2.50. The predicted molar refractivity (Wildman–Crippen MR) is 171 cm³/mol. The summed E-state index contributed by atoms with van der Waals surface area (Å²) in [4.78, 5) is 0. The van der Waals surface area contributed by atoms with Crippen LogP contribution in [0.15, 0.2) is 36.4 Å². The molecule has 4 unspecified atom stereocenters. The van der Waals surface area contributed by atoms with Gasteiger partial charge in [-0.2, -0.15) is 0 Å². The minimum absolute atomic E-state index is 0.0646. The third-order valence-electron chi connectivity index (χ3n) is 8.13. The Balaban J connectivity index is 2.95. The van der Waals surface area contributed by atoms with Crippen LogP contribution in [0.25, 0.3) is 0 Å². The Morgan fingerprint density at radius 3 is 1.41 bits per heavy atom. The van der Waals surface area contributed by atoms with Crippen molar-refractivity contribution in [2.45, 2.75) is 116 Å². The van der Waals surface area contributed by atoms with Gasteiger partial charge < -0.3 is 19.8 Å². The second-order valence-corrected chi connectivity index (χ2v) is 16.3. The first kappa shape index (κ1) is 34.3. The molecule has 0 radical (unpaired) electrons. The molecule has 2 aromatic carbocycles. The summed E-state index contributed by atoms with van der Waals surface area (Å²) in [5.41, 5.74) is 3.64. The van der Waals surface area contributed by atoms with Gasteiger partial charge in [0.25, 0.3) is 0 Å². The van der Waals surface area contributed by atoms with E-state index in [9.17, 15) is 15.3 Å². The van der Waals surface area contributed by atoms with Crippen molar-refractivity contribution in [1.82, 2.24) is 0 Å². The highest BCUT2D eigenvalue weighted by Gasteiger charge is 2.57. The second-order valence-electron chi connectivity index (χ2n) is 15.3.